The van der Waals surface area contributed by atoms with Gasteiger partial charge in [-0.1, -0.05) is 61.0 Å². The molecule has 3 aromatic carbocycles. The van der Waals surface area contributed by atoms with Gasteiger partial charge in [0.1, 0.15) is 16.6 Å². The van der Waals surface area contributed by atoms with Gasteiger partial charge in [-0.3, -0.25) is 14.4 Å². The van der Waals surface area contributed by atoms with E-state index in [0.717, 1.165) is 5.56 Å². The molecule has 248 valence electrons. The van der Waals surface area contributed by atoms with Crippen molar-refractivity contribution in [3.63, 3.8) is 0 Å². The van der Waals surface area contributed by atoms with Crippen LogP contribution < -0.4 is 25.4 Å². The van der Waals surface area contributed by atoms with Crippen molar-refractivity contribution in [2.75, 3.05) is 24.9 Å². The number of benzene rings is 3. The highest BCUT2D eigenvalue weighted by atomic mass is 35.5. The summed E-state index contributed by atoms with van der Waals surface area (Å²) in [4.78, 5) is 43.4. The summed E-state index contributed by atoms with van der Waals surface area (Å²) in [6.45, 7) is 2.15. The Labute approximate surface area is 288 Å². The number of nitrogens with one attached hydrogen (secondary N) is 4. The maximum atomic E-state index is 12.9. The number of hydrogen-bond donors (Lipinski definition) is 4. The van der Waals surface area contributed by atoms with E-state index in [9.17, 15) is 14.4 Å². The van der Waals surface area contributed by atoms with Crippen LogP contribution in [0.25, 0.3) is 0 Å². The molecular formula is C34H36Cl3N5O5. The van der Waals surface area contributed by atoms with E-state index >= 15 is 0 Å². The first kappa shape index (κ1) is 35.6. The van der Waals surface area contributed by atoms with Crippen LogP contribution in [0.1, 0.15) is 64.4 Å². The first-order valence-electron chi connectivity index (χ1n) is 14.8. The molecule has 4 aromatic rings. The van der Waals surface area contributed by atoms with Crippen molar-refractivity contribution in [1.29, 1.82) is 0 Å². The largest absolute Gasteiger partial charge is 0.493 e. The Bertz CT molecular complexity index is 1620. The molecule has 0 saturated heterocycles. The van der Waals surface area contributed by atoms with Crippen molar-refractivity contribution >= 4 is 64.9 Å². The lowest BCUT2D eigenvalue weighted by Crippen LogP contribution is -2.23. The predicted molar refractivity (Wildman–Crippen MR) is 185 cm³/mol. The number of carbonyl (C=O) groups is 3. The zero-order valence-corrected chi connectivity index (χ0v) is 28.4. The molecule has 3 atom stereocenters. The van der Waals surface area contributed by atoms with Gasteiger partial charge in [-0.05, 0) is 53.6 Å². The van der Waals surface area contributed by atoms with E-state index in [0.29, 0.717) is 81.9 Å². The van der Waals surface area contributed by atoms with Crippen molar-refractivity contribution < 1.29 is 23.9 Å². The van der Waals surface area contributed by atoms with Gasteiger partial charge in [0.25, 0.3) is 0 Å². The minimum Gasteiger partial charge on any atom is -0.493 e. The maximum absolute atomic E-state index is 12.9. The van der Waals surface area contributed by atoms with Gasteiger partial charge in [0, 0.05) is 17.8 Å². The number of methoxy groups -OCH3 is 2. The van der Waals surface area contributed by atoms with Gasteiger partial charge in [0.05, 0.1) is 37.2 Å². The maximum Gasteiger partial charge on any atom is 0.220 e. The molecular weight excluding hydrogens is 665 g/mol. The Morgan fingerprint density at radius 2 is 1.53 bits per heavy atom. The summed E-state index contributed by atoms with van der Waals surface area (Å²) in [7, 11) is 3.10. The summed E-state index contributed by atoms with van der Waals surface area (Å²) in [6.07, 6.45) is 2.72. The Hall–Kier alpha value is -4.25. The number of imidazole rings is 1. The fraction of sp³-hybridized carbons (Fsp3) is 0.294. The molecule has 0 aliphatic heterocycles. The number of rotatable bonds is 17. The zero-order chi connectivity index (χ0) is 33.9. The van der Waals surface area contributed by atoms with E-state index in [2.05, 4.69) is 27.9 Å². The highest BCUT2D eigenvalue weighted by Gasteiger charge is 2.28. The molecule has 1 aromatic heterocycles. The molecule has 1 heterocycles. The molecule has 3 unspecified atom stereocenters. The van der Waals surface area contributed by atoms with E-state index in [1.165, 1.54) is 0 Å². The number of para-hydroxylation sites is 2. The number of aromatic nitrogens is 2. The second-order valence-electron chi connectivity index (χ2n) is 10.8. The summed E-state index contributed by atoms with van der Waals surface area (Å²) in [6, 6.07) is 17.9. The van der Waals surface area contributed by atoms with Crippen LogP contribution in [-0.2, 0) is 27.3 Å². The molecule has 0 aliphatic carbocycles. The molecule has 47 heavy (non-hydrogen) atoms. The average molecular weight is 701 g/mol. The summed E-state index contributed by atoms with van der Waals surface area (Å²) in [5, 5.41) is 7.16. The fourth-order valence-electron chi connectivity index (χ4n) is 5.27. The van der Waals surface area contributed by atoms with Crippen LogP contribution in [0.4, 0.5) is 11.4 Å². The molecule has 0 radical (unpaired) electrons. The number of amides is 3. The number of aromatic amines is 1. The first-order valence-corrected chi connectivity index (χ1v) is 16.1. The quantitative estimate of drug-likeness (QED) is 0.0683. The second-order valence-corrected chi connectivity index (χ2v) is 12.1. The van der Waals surface area contributed by atoms with E-state index < -0.39 is 10.8 Å². The Kier molecular flexibility index (Phi) is 12.9. The number of ether oxygens (including phenoxy) is 2. The third-order valence-corrected chi connectivity index (χ3v) is 8.96. The molecule has 0 spiro atoms. The smallest absolute Gasteiger partial charge is 0.220 e. The molecule has 0 aliphatic rings. The Morgan fingerprint density at radius 3 is 2.13 bits per heavy atom. The van der Waals surface area contributed by atoms with Crippen molar-refractivity contribution in [2.45, 2.75) is 43.5 Å². The third-order valence-electron chi connectivity index (χ3n) is 7.65. The molecule has 3 amide bonds. The lowest BCUT2D eigenvalue weighted by atomic mass is 9.96. The lowest BCUT2D eigenvalue weighted by molar-refractivity contribution is -0.121. The van der Waals surface area contributed by atoms with Crippen LogP contribution in [0.15, 0.2) is 60.7 Å². The standard InChI is InChI=1S/C34H36Cl3N5O5/c1-20(16-21-13-14-26(46-2)34(47-3)29(21)35)12-15-28(45)38-17-27-41-32(30(36)22-8-4-6-10-24(22)39-18-43)33(42-27)31(37)23-9-5-7-11-25(23)40-19-44/h4-11,13-14,18-20,30-31H,12,15-17H2,1-3H3,(H,38,45)(H,39,43)(H,40,44)(H,41,42). The minimum absolute atomic E-state index is 0.0947. The van der Waals surface area contributed by atoms with E-state index in [-0.39, 0.29) is 24.8 Å². The van der Waals surface area contributed by atoms with Crippen molar-refractivity contribution in [2.24, 2.45) is 5.92 Å². The minimum atomic E-state index is -0.814. The van der Waals surface area contributed by atoms with Gasteiger partial charge in [0.15, 0.2) is 11.5 Å². The number of H-pyrrole nitrogens is 1. The lowest BCUT2D eigenvalue weighted by Gasteiger charge is -2.18. The third kappa shape index (κ3) is 8.77. The molecule has 13 heteroatoms. The summed E-state index contributed by atoms with van der Waals surface area (Å²) < 4.78 is 10.7. The van der Waals surface area contributed by atoms with Gasteiger partial charge >= 0.3 is 0 Å². The second kappa shape index (κ2) is 17.1. The van der Waals surface area contributed by atoms with Crippen LogP contribution in [0.2, 0.25) is 5.02 Å². The summed E-state index contributed by atoms with van der Waals surface area (Å²) >= 11 is 20.6. The Morgan fingerprint density at radius 1 is 0.915 bits per heavy atom. The van der Waals surface area contributed by atoms with Gasteiger partial charge in [-0.15, -0.1) is 23.2 Å². The monoisotopic (exact) mass is 699 g/mol. The van der Waals surface area contributed by atoms with Crippen LogP contribution in [0.5, 0.6) is 11.5 Å². The molecule has 0 bridgehead atoms. The predicted octanol–water partition coefficient (Wildman–Crippen LogP) is 7.15. The fourth-order valence-corrected chi connectivity index (χ4v) is 6.29. The molecule has 4 rings (SSSR count). The van der Waals surface area contributed by atoms with Crippen molar-refractivity contribution in [1.82, 2.24) is 15.3 Å². The molecule has 0 saturated carbocycles. The van der Waals surface area contributed by atoms with Gasteiger partial charge < -0.3 is 30.4 Å². The number of hydrogen-bond acceptors (Lipinski definition) is 6. The van der Waals surface area contributed by atoms with E-state index in [4.69, 9.17) is 49.3 Å². The highest BCUT2D eigenvalue weighted by Crippen LogP contribution is 2.41. The molecule has 0 fully saturated rings. The van der Waals surface area contributed by atoms with Gasteiger partial charge in [-0.25, -0.2) is 4.98 Å². The number of halogens is 3. The van der Waals surface area contributed by atoms with Gasteiger partial charge in [0.2, 0.25) is 18.7 Å². The highest BCUT2D eigenvalue weighted by molar-refractivity contribution is 6.33. The van der Waals surface area contributed by atoms with Crippen LogP contribution >= 0.6 is 34.8 Å². The van der Waals surface area contributed by atoms with Crippen LogP contribution in [0.3, 0.4) is 0 Å². The molecule has 10 nitrogen and oxygen atoms in total. The summed E-state index contributed by atoms with van der Waals surface area (Å²) in [5.74, 6) is 1.49. The zero-order valence-electron chi connectivity index (χ0n) is 26.1. The first-order chi connectivity index (χ1) is 22.7. The normalized spacial score (nSPS) is 12.8. The van der Waals surface area contributed by atoms with Crippen LogP contribution in [-0.4, -0.2) is 42.9 Å². The molecule has 4 N–H and O–H groups in total. The SMILES string of the molecule is COc1ccc(CC(C)CCC(=O)NCc2nc(C(Cl)c3ccccc3NC=O)c(C(Cl)c3ccccc3NC=O)[nH]2)c(Cl)c1OC. The number of nitrogens with zero attached hydrogens (tertiary/aromatic N) is 1. The number of anilines is 2. The number of carbonyl (C=O) groups excluding carboxylic acids is 3. The van der Waals surface area contributed by atoms with Gasteiger partial charge in [-0.2, -0.15) is 0 Å². The number of alkyl halides is 2. The van der Waals surface area contributed by atoms with E-state index in [1.54, 1.807) is 62.8 Å². The topological polar surface area (TPSA) is 134 Å². The Balaban J connectivity index is 1.50. The van der Waals surface area contributed by atoms with Crippen molar-refractivity contribution in [3.8, 4) is 11.5 Å². The van der Waals surface area contributed by atoms with Crippen LogP contribution in [0, 0.1) is 5.92 Å². The summed E-state index contributed by atoms with van der Waals surface area (Å²) in [5.41, 5.74) is 4.08. The average Bonchev–Trinajstić information content (AvgIpc) is 3.51. The van der Waals surface area contributed by atoms with Crippen molar-refractivity contribution in [3.05, 3.63) is 99.6 Å². The van der Waals surface area contributed by atoms with E-state index in [1.807, 2.05) is 12.1 Å².